The Bertz CT molecular complexity index is 511. The van der Waals surface area contributed by atoms with Gasteiger partial charge in [-0.3, -0.25) is 4.79 Å². The highest BCUT2D eigenvalue weighted by molar-refractivity contribution is 5.94. The zero-order chi connectivity index (χ0) is 14.7. The molecular weight excluding hydrogens is 303 g/mol. The number of likely N-dealkylation sites (tertiary alicyclic amines) is 1. The Hall–Kier alpha value is -1.13. The van der Waals surface area contributed by atoms with Crippen LogP contribution in [0.2, 0.25) is 0 Å². The van der Waals surface area contributed by atoms with Crippen LogP contribution in [0.1, 0.15) is 53.9 Å². The maximum atomic E-state index is 14.8. The van der Waals surface area contributed by atoms with E-state index in [0.717, 1.165) is 57.4 Å². The molecule has 0 bridgehead atoms. The van der Waals surface area contributed by atoms with Gasteiger partial charge in [-0.1, -0.05) is 12.1 Å². The van der Waals surface area contributed by atoms with Gasteiger partial charge in [0.15, 0.2) is 0 Å². The van der Waals surface area contributed by atoms with Crippen LogP contribution in [0.5, 0.6) is 0 Å². The standard InChI is InChI=1S/C17H23FN2O.ClH/c18-16-14(13-7-9-19-10-8-13)5-4-6-15(16)17(21)20-11-2-1-3-12-20;/h4-6,13,19H,1-3,7-12H2;1H. The van der Waals surface area contributed by atoms with Gasteiger partial charge in [-0.2, -0.15) is 0 Å². The van der Waals surface area contributed by atoms with Crippen LogP contribution >= 0.6 is 12.4 Å². The SMILES string of the molecule is Cl.O=C(c1cccc(C2CCNCC2)c1F)N1CCCCC1. The highest BCUT2D eigenvalue weighted by Crippen LogP contribution is 2.29. The van der Waals surface area contributed by atoms with E-state index in [1.807, 2.05) is 12.1 Å². The first kappa shape index (κ1) is 17.2. The van der Waals surface area contributed by atoms with Crippen LogP contribution in [0.4, 0.5) is 4.39 Å². The Morgan fingerprint density at radius 2 is 1.82 bits per heavy atom. The summed E-state index contributed by atoms with van der Waals surface area (Å²) in [7, 11) is 0. The molecule has 1 amide bonds. The number of nitrogens with one attached hydrogen (secondary N) is 1. The Morgan fingerprint density at radius 3 is 2.50 bits per heavy atom. The van der Waals surface area contributed by atoms with Crippen molar-refractivity contribution in [3.8, 4) is 0 Å². The molecule has 0 aromatic heterocycles. The maximum absolute atomic E-state index is 14.8. The Morgan fingerprint density at radius 1 is 1.14 bits per heavy atom. The fourth-order valence-electron chi connectivity index (χ4n) is 3.43. The van der Waals surface area contributed by atoms with Crippen LogP contribution < -0.4 is 5.32 Å². The summed E-state index contributed by atoms with van der Waals surface area (Å²) in [6.45, 7) is 3.37. The first-order valence-corrected chi connectivity index (χ1v) is 8.06. The summed E-state index contributed by atoms with van der Waals surface area (Å²) in [5.41, 5.74) is 0.979. The molecule has 1 N–H and O–H groups in total. The van der Waals surface area contributed by atoms with E-state index in [9.17, 15) is 9.18 Å². The Balaban J connectivity index is 0.00000176. The number of benzene rings is 1. The van der Waals surface area contributed by atoms with Crippen molar-refractivity contribution in [2.45, 2.75) is 38.0 Å². The molecule has 0 aliphatic carbocycles. The highest BCUT2D eigenvalue weighted by atomic mass is 35.5. The van der Waals surface area contributed by atoms with Crippen molar-refractivity contribution in [1.29, 1.82) is 0 Å². The molecule has 3 nitrogen and oxygen atoms in total. The lowest BCUT2D eigenvalue weighted by Crippen LogP contribution is -2.36. The third-order valence-electron chi connectivity index (χ3n) is 4.68. The van der Waals surface area contributed by atoms with Gasteiger partial charge in [-0.15, -0.1) is 12.4 Å². The third kappa shape index (κ3) is 3.61. The van der Waals surface area contributed by atoms with Crippen LogP contribution in [-0.4, -0.2) is 37.0 Å². The van der Waals surface area contributed by atoms with Gasteiger partial charge in [0.05, 0.1) is 5.56 Å². The number of nitrogens with zero attached hydrogens (tertiary/aromatic N) is 1. The van der Waals surface area contributed by atoms with E-state index in [-0.39, 0.29) is 35.6 Å². The topological polar surface area (TPSA) is 32.3 Å². The molecule has 5 heteroatoms. The summed E-state index contributed by atoms with van der Waals surface area (Å²) in [6.07, 6.45) is 5.11. The van der Waals surface area contributed by atoms with E-state index in [0.29, 0.717) is 0 Å². The quantitative estimate of drug-likeness (QED) is 0.904. The second-order valence-electron chi connectivity index (χ2n) is 6.09. The van der Waals surface area contributed by atoms with Gasteiger partial charge in [0.25, 0.3) is 5.91 Å². The lowest BCUT2D eigenvalue weighted by molar-refractivity contribution is 0.0719. The third-order valence-corrected chi connectivity index (χ3v) is 4.68. The highest BCUT2D eigenvalue weighted by Gasteiger charge is 2.25. The largest absolute Gasteiger partial charge is 0.339 e. The van der Waals surface area contributed by atoms with Crippen LogP contribution in [0.3, 0.4) is 0 Å². The fraction of sp³-hybridized carbons (Fsp3) is 0.588. The zero-order valence-corrected chi connectivity index (χ0v) is 13.6. The molecule has 2 heterocycles. The molecule has 1 aromatic carbocycles. The second kappa shape index (κ2) is 7.93. The van der Waals surface area contributed by atoms with Crippen molar-refractivity contribution < 1.29 is 9.18 Å². The van der Waals surface area contributed by atoms with Gasteiger partial charge < -0.3 is 10.2 Å². The molecule has 0 saturated carbocycles. The lowest BCUT2D eigenvalue weighted by atomic mass is 9.88. The average molecular weight is 327 g/mol. The molecule has 3 rings (SSSR count). The lowest BCUT2D eigenvalue weighted by Gasteiger charge is -2.28. The summed E-state index contributed by atoms with van der Waals surface area (Å²) in [5.74, 6) is -0.191. The number of hydrogen-bond acceptors (Lipinski definition) is 2. The van der Waals surface area contributed by atoms with Crippen LogP contribution in [-0.2, 0) is 0 Å². The number of piperidine rings is 2. The van der Waals surface area contributed by atoms with E-state index in [1.165, 1.54) is 6.42 Å². The molecule has 22 heavy (non-hydrogen) atoms. The molecule has 2 saturated heterocycles. The van der Waals surface area contributed by atoms with Crippen molar-refractivity contribution in [2.24, 2.45) is 0 Å². The minimum Gasteiger partial charge on any atom is -0.339 e. The smallest absolute Gasteiger partial charge is 0.256 e. The summed E-state index contributed by atoms with van der Waals surface area (Å²) < 4.78 is 14.8. The summed E-state index contributed by atoms with van der Waals surface area (Å²) >= 11 is 0. The molecule has 0 unspecified atom stereocenters. The number of rotatable bonds is 2. The van der Waals surface area contributed by atoms with Crippen molar-refractivity contribution in [3.63, 3.8) is 0 Å². The minimum atomic E-state index is -0.292. The normalized spacial score (nSPS) is 19.6. The van der Waals surface area contributed by atoms with Crippen molar-refractivity contribution in [2.75, 3.05) is 26.2 Å². The first-order chi connectivity index (χ1) is 10.3. The van der Waals surface area contributed by atoms with Crippen LogP contribution in [0, 0.1) is 5.82 Å². The van der Waals surface area contributed by atoms with Crippen molar-refractivity contribution >= 4 is 18.3 Å². The number of carbonyl (C=O) groups excluding carboxylic acids is 1. The Kier molecular flexibility index (Phi) is 6.21. The van der Waals surface area contributed by atoms with E-state index in [2.05, 4.69) is 5.32 Å². The summed E-state index contributed by atoms with van der Waals surface area (Å²) in [5, 5.41) is 3.30. The maximum Gasteiger partial charge on any atom is 0.256 e. The Labute approximate surface area is 137 Å². The van der Waals surface area contributed by atoms with E-state index in [1.54, 1.807) is 11.0 Å². The van der Waals surface area contributed by atoms with Crippen LogP contribution in [0.15, 0.2) is 18.2 Å². The predicted octanol–water partition coefficient (Wildman–Crippen LogP) is 3.34. The van der Waals surface area contributed by atoms with Crippen molar-refractivity contribution in [1.82, 2.24) is 10.2 Å². The number of hydrogen-bond donors (Lipinski definition) is 1. The molecule has 0 spiro atoms. The van der Waals surface area contributed by atoms with Gasteiger partial charge in [-0.05, 0) is 62.7 Å². The molecule has 122 valence electrons. The first-order valence-electron chi connectivity index (χ1n) is 8.06. The van der Waals surface area contributed by atoms with Gasteiger partial charge in [0.2, 0.25) is 0 Å². The van der Waals surface area contributed by atoms with Gasteiger partial charge in [0.1, 0.15) is 5.82 Å². The number of carbonyl (C=O) groups is 1. The average Bonchev–Trinajstić information content (AvgIpc) is 2.56. The predicted molar refractivity (Wildman–Crippen MR) is 88.2 cm³/mol. The van der Waals surface area contributed by atoms with Gasteiger partial charge in [0, 0.05) is 13.1 Å². The summed E-state index contributed by atoms with van der Waals surface area (Å²) in [4.78, 5) is 14.3. The molecule has 2 aliphatic heterocycles. The van der Waals surface area contributed by atoms with Crippen molar-refractivity contribution in [3.05, 3.63) is 35.1 Å². The monoisotopic (exact) mass is 326 g/mol. The molecule has 0 radical (unpaired) electrons. The zero-order valence-electron chi connectivity index (χ0n) is 12.8. The molecule has 2 aliphatic rings. The fourth-order valence-corrected chi connectivity index (χ4v) is 3.43. The van der Waals surface area contributed by atoms with Crippen LogP contribution in [0.25, 0.3) is 0 Å². The minimum absolute atomic E-state index is 0. The number of halogens is 2. The van der Waals surface area contributed by atoms with E-state index in [4.69, 9.17) is 0 Å². The molecule has 1 aromatic rings. The molecule has 2 fully saturated rings. The van der Waals surface area contributed by atoms with E-state index < -0.39 is 0 Å². The van der Waals surface area contributed by atoms with Gasteiger partial charge in [-0.25, -0.2) is 4.39 Å². The number of amides is 1. The molecule has 0 atom stereocenters. The van der Waals surface area contributed by atoms with E-state index >= 15 is 0 Å². The second-order valence-corrected chi connectivity index (χ2v) is 6.09. The van der Waals surface area contributed by atoms with Gasteiger partial charge >= 0.3 is 0 Å². The molecular formula is C17H24ClFN2O. The summed E-state index contributed by atoms with van der Waals surface area (Å²) in [6, 6.07) is 5.31.